The molecule has 0 bridgehead atoms. The number of nitrogens with one attached hydrogen (secondary N) is 1. The van der Waals surface area contributed by atoms with E-state index in [0.29, 0.717) is 24.3 Å². The van der Waals surface area contributed by atoms with Crippen molar-refractivity contribution in [2.45, 2.75) is 13.0 Å². The zero-order chi connectivity index (χ0) is 13.4. The molecule has 1 aromatic carbocycles. The predicted molar refractivity (Wildman–Crippen MR) is 70.7 cm³/mol. The van der Waals surface area contributed by atoms with Gasteiger partial charge in [-0.25, -0.2) is 0 Å². The molecule has 0 heterocycles. The zero-order valence-corrected chi connectivity index (χ0v) is 10.3. The van der Waals surface area contributed by atoms with Gasteiger partial charge in [0.25, 0.3) is 0 Å². The maximum atomic E-state index is 8.65. The number of terminal acetylenes is 1. The lowest BCUT2D eigenvalue weighted by atomic mass is 10.1. The lowest BCUT2D eigenvalue weighted by molar-refractivity contribution is 0.318. The van der Waals surface area contributed by atoms with Crippen LogP contribution in [0.1, 0.15) is 17.5 Å². The molecule has 0 aliphatic rings. The number of nitrogens with two attached hydrogens (primary N) is 1. The summed E-state index contributed by atoms with van der Waals surface area (Å²) >= 11 is 0. The Hall–Kier alpha value is -2.19. The van der Waals surface area contributed by atoms with Crippen LogP contribution < -0.4 is 15.8 Å². The number of nitrogens with zero attached hydrogens (tertiary/aromatic N) is 1. The lowest BCUT2D eigenvalue weighted by Gasteiger charge is -2.10. The molecular weight excluding hydrogens is 230 g/mol. The van der Waals surface area contributed by atoms with E-state index in [4.69, 9.17) is 22.1 Å². The van der Waals surface area contributed by atoms with Gasteiger partial charge >= 0.3 is 0 Å². The van der Waals surface area contributed by atoms with E-state index in [2.05, 4.69) is 16.4 Å². The van der Waals surface area contributed by atoms with E-state index in [1.165, 1.54) is 0 Å². The molecular formula is C13H17N3O2. The van der Waals surface area contributed by atoms with Crippen molar-refractivity contribution < 1.29 is 9.94 Å². The van der Waals surface area contributed by atoms with Crippen LogP contribution in [-0.4, -0.2) is 24.7 Å². The third-order valence-corrected chi connectivity index (χ3v) is 2.42. The van der Waals surface area contributed by atoms with Crippen molar-refractivity contribution >= 4 is 5.84 Å². The minimum Gasteiger partial charge on any atom is -0.496 e. The van der Waals surface area contributed by atoms with Gasteiger partial charge in [0.1, 0.15) is 5.75 Å². The Morgan fingerprint density at radius 1 is 1.61 bits per heavy atom. The first-order valence-electron chi connectivity index (χ1n) is 5.52. The zero-order valence-electron chi connectivity index (χ0n) is 10.3. The summed E-state index contributed by atoms with van der Waals surface area (Å²) in [5, 5.41) is 14.8. The summed E-state index contributed by atoms with van der Waals surface area (Å²) < 4.78 is 5.20. The molecule has 96 valence electrons. The highest BCUT2D eigenvalue weighted by molar-refractivity contribution is 5.99. The molecule has 4 N–H and O–H groups in total. The van der Waals surface area contributed by atoms with Gasteiger partial charge in [0.05, 0.1) is 12.7 Å². The van der Waals surface area contributed by atoms with Gasteiger partial charge < -0.3 is 21.0 Å². The van der Waals surface area contributed by atoms with Gasteiger partial charge in [0, 0.05) is 19.5 Å². The second-order valence-electron chi connectivity index (χ2n) is 3.65. The first kappa shape index (κ1) is 13.9. The van der Waals surface area contributed by atoms with E-state index in [0.717, 1.165) is 12.1 Å². The van der Waals surface area contributed by atoms with Crippen LogP contribution in [0.5, 0.6) is 5.75 Å². The largest absolute Gasteiger partial charge is 0.496 e. The number of ether oxygens (including phenoxy) is 1. The van der Waals surface area contributed by atoms with Crippen molar-refractivity contribution in [2.75, 3.05) is 13.7 Å². The van der Waals surface area contributed by atoms with Crippen LogP contribution in [0.4, 0.5) is 0 Å². The number of amidine groups is 1. The molecule has 0 aliphatic heterocycles. The number of benzene rings is 1. The molecule has 5 heteroatoms. The molecule has 0 fully saturated rings. The van der Waals surface area contributed by atoms with Gasteiger partial charge in [0.2, 0.25) is 0 Å². The summed E-state index contributed by atoms with van der Waals surface area (Å²) in [6.45, 7) is 1.45. The van der Waals surface area contributed by atoms with Gasteiger partial charge in [-0.15, -0.1) is 12.3 Å². The van der Waals surface area contributed by atoms with Crippen molar-refractivity contribution in [3.05, 3.63) is 29.3 Å². The highest BCUT2D eigenvalue weighted by Crippen LogP contribution is 2.19. The maximum Gasteiger partial charge on any atom is 0.173 e. The monoisotopic (exact) mass is 247 g/mol. The summed E-state index contributed by atoms with van der Waals surface area (Å²) in [5.41, 5.74) is 7.15. The Labute approximate surface area is 107 Å². The molecule has 0 atom stereocenters. The number of oxime groups is 1. The van der Waals surface area contributed by atoms with Crippen molar-refractivity contribution in [3.63, 3.8) is 0 Å². The van der Waals surface area contributed by atoms with Crippen LogP contribution >= 0.6 is 0 Å². The summed E-state index contributed by atoms with van der Waals surface area (Å²) in [4.78, 5) is 0. The molecule has 0 unspecified atom stereocenters. The fraction of sp³-hybridized carbons (Fsp3) is 0.308. The second-order valence-corrected chi connectivity index (χ2v) is 3.65. The van der Waals surface area contributed by atoms with Crippen LogP contribution in [0.2, 0.25) is 0 Å². The Morgan fingerprint density at radius 2 is 2.39 bits per heavy atom. The van der Waals surface area contributed by atoms with Crippen LogP contribution in [-0.2, 0) is 6.54 Å². The van der Waals surface area contributed by atoms with E-state index in [9.17, 15) is 0 Å². The van der Waals surface area contributed by atoms with Gasteiger partial charge in [0.15, 0.2) is 5.84 Å². The number of rotatable bonds is 6. The van der Waals surface area contributed by atoms with Crippen molar-refractivity contribution in [2.24, 2.45) is 10.9 Å². The third-order valence-electron chi connectivity index (χ3n) is 2.42. The van der Waals surface area contributed by atoms with Gasteiger partial charge in [-0.05, 0) is 17.7 Å². The molecule has 18 heavy (non-hydrogen) atoms. The van der Waals surface area contributed by atoms with Crippen molar-refractivity contribution in [1.82, 2.24) is 5.32 Å². The minimum atomic E-state index is 0.0266. The van der Waals surface area contributed by atoms with Crippen LogP contribution in [0, 0.1) is 12.3 Å². The fourth-order valence-electron chi connectivity index (χ4n) is 1.50. The van der Waals surface area contributed by atoms with E-state index in [1.807, 2.05) is 12.1 Å². The first-order chi connectivity index (χ1) is 8.72. The van der Waals surface area contributed by atoms with E-state index >= 15 is 0 Å². The highest BCUT2D eigenvalue weighted by atomic mass is 16.5. The molecule has 0 aliphatic carbocycles. The van der Waals surface area contributed by atoms with Crippen molar-refractivity contribution in [1.29, 1.82) is 0 Å². The minimum absolute atomic E-state index is 0.0266. The van der Waals surface area contributed by atoms with E-state index in [1.54, 1.807) is 13.2 Å². The first-order valence-corrected chi connectivity index (χ1v) is 5.52. The summed E-state index contributed by atoms with van der Waals surface area (Å²) in [6.07, 6.45) is 5.86. The average molecular weight is 247 g/mol. The fourth-order valence-corrected chi connectivity index (χ4v) is 1.50. The van der Waals surface area contributed by atoms with Crippen LogP contribution in [0.25, 0.3) is 0 Å². The molecule has 1 rings (SSSR count). The van der Waals surface area contributed by atoms with Gasteiger partial charge in [-0.3, -0.25) is 0 Å². The predicted octanol–water partition coefficient (Wildman–Crippen LogP) is 0.903. The Bertz CT molecular complexity index is 464. The Balaban J connectivity index is 2.76. The summed E-state index contributed by atoms with van der Waals surface area (Å²) in [7, 11) is 1.54. The molecule has 0 aromatic heterocycles. The number of hydrogen-bond donors (Lipinski definition) is 3. The van der Waals surface area contributed by atoms with Crippen LogP contribution in [0.15, 0.2) is 23.4 Å². The van der Waals surface area contributed by atoms with E-state index < -0.39 is 0 Å². The van der Waals surface area contributed by atoms with Gasteiger partial charge in [-0.1, -0.05) is 11.2 Å². The average Bonchev–Trinajstić information content (AvgIpc) is 2.42. The number of hydrogen-bond acceptors (Lipinski definition) is 4. The molecule has 0 spiro atoms. The summed E-state index contributed by atoms with van der Waals surface area (Å²) in [6, 6.07) is 5.49. The molecule has 0 saturated carbocycles. The van der Waals surface area contributed by atoms with E-state index in [-0.39, 0.29) is 5.84 Å². The smallest absolute Gasteiger partial charge is 0.173 e. The van der Waals surface area contributed by atoms with Gasteiger partial charge in [-0.2, -0.15) is 0 Å². The Morgan fingerprint density at radius 3 is 3.00 bits per heavy atom. The normalized spacial score (nSPS) is 11.0. The summed E-state index contributed by atoms with van der Waals surface area (Å²) in [5.74, 6) is 3.16. The second kappa shape index (κ2) is 7.20. The molecule has 0 amide bonds. The third kappa shape index (κ3) is 3.68. The number of methoxy groups -OCH3 is 1. The maximum absolute atomic E-state index is 8.65. The topological polar surface area (TPSA) is 79.9 Å². The van der Waals surface area contributed by atoms with Crippen molar-refractivity contribution in [3.8, 4) is 18.1 Å². The van der Waals surface area contributed by atoms with Crippen LogP contribution in [0.3, 0.4) is 0 Å². The molecule has 1 aromatic rings. The molecule has 0 saturated heterocycles. The highest BCUT2D eigenvalue weighted by Gasteiger charge is 2.08. The standard InChI is InChI=1S/C13H17N3O2/c1-3-4-7-15-9-10-5-6-11(13(14)16-17)12(8-10)18-2/h1,5-6,8,15,17H,4,7,9H2,2H3,(H2,14,16). The lowest BCUT2D eigenvalue weighted by Crippen LogP contribution is -2.16. The quantitative estimate of drug-likeness (QED) is 0.174. The SMILES string of the molecule is C#CCCNCc1ccc(/C(N)=N/O)c(OC)c1. The molecule has 0 radical (unpaired) electrons. The Kier molecular flexibility index (Phi) is 5.55. The molecule has 5 nitrogen and oxygen atoms in total.